The van der Waals surface area contributed by atoms with Crippen LogP contribution < -0.4 is 10.1 Å². The Morgan fingerprint density at radius 1 is 0.973 bits per heavy atom. The fraction of sp³-hybridized carbons (Fsp3) is 0.242. The minimum absolute atomic E-state index is 0.106. The fourth-order valence-corrected chi connectivity index (χ4v) is 5.97. The number of benzene rings is 4. The van der Waals surface area contributed by atoms with Crippen LogP contribution >= 0.6 is 11.6 Å². The molecule has 1 heterocycles. The molecule has 0 unspecified atom stereocenters. The summed E-state index contributed by atoms with van der Waals surface area (Å²) < 4.78 is 6.35. The van der Waals surface area contributed by atoms with Crippen LogP contribution in [-0.4, -0.2) is 5.78 Å². The lowest BCUT2D eigenvalue weighted by molar-refractivity contribution is -0.118. The standard InChI is InChI=1S/C33H30ClNO2/c1-20-8-10-21(11-9-20)19-37-29-15-13-23(34)16-25(29)32-31-26(17-33(2,3)18-28(31)36)30-24-7-5-4-6-22(24)12-14-27(30)35-32/h4-16,32,35H,17-19H2,1-3H3/t32-/m0/s1. The third-order valence-electron chi connectivity index (χ3n) is 7.54. The zero-order valence-electron chi connectivity index (χ0n) is 21.4. The molecule has 0 radical (unpaired) electrons. The van der Waals surface area contributed by atoms with Gasteiger partial charge < -0.3 is 10.1 Å². The molecule has 0 fully saturated rings. The smallest absolute Gasteiger partial charge is 0.162 e. The quantitative estimate of drug-likeness (QED) is 0.300. The van der Waals surface area contributed by atoms with Crippen molar-refractivity contribution in [2.45, 2.75) is 46.3 Å². The van der Waals surface area contributed by atoms with Gasteiger partial charge >= 0.3 is 0 Å². The summed E-state index contributed by atoms with van der Waals surface area (Å²) >= 11 is 6.52. The largest absolute Gasteiger partial charge is 0.489 e. The van der Waals surface area contributed by atoms with Gasteiger partial charge in [0.15, 0.2) is 5.78 Å². The van der Waals surface area contributed by atoms with Crippen molar-refractivity contribution in [1.29, 1.82) is 0 Å². The van der Waals surface area contributed by atoms with Gasteiger partial charge in [-0.25, -0.2) is 0 Å². The Balaban J connectivity index is 1.49. The second-order valence-electron chi connectivity index (χ2n) is 11.1. The van der Waals surface area contributed by atoms with Crippen LogP contribution in [0.25, 0.3) is 16.3 Å². The summed E-state index contributed by atoms with van der Waals surface area (Å²) in [5.74, 6) is 0.919. The molecule has 1 aliphatic carbocycles. The number of anilines is 1. The predicted octanol–water partition coefficient (Wildman–Crippen LogP) is 8.69. The van der Waals surface area contributed by atoms with E-state index in [2.05, 4.69) is 86.8 Å². The van der Waals surface area contributed by atoms with Crippen LogP contribution in [0.4, 0.5) is 5.69 Å². The number of ether oxygens (including phenoxy) is 1. The highest BCUT2D eigenvalue weighted by Crippen LogP contribution is 2.53. The maximum absolute atomic E-state index is 13.8. The molecule has 4 aromatic carbocycles. The minimum atomic E-state index is -0.334. The number of Topliss-reactive ketones (excluding diaryl/α,β-unsaturated/α-hetero) is 1. The zero-order valence-corrected chi connectivity index (χ0v) is 22.2. The van der Waals surface area contributed by atoms with Crippen molar-refractivity contribution in [3.63, 3.8) is 0 Å². The number of ketones is 1. The molecule has 3 nitrogen and oxygen atoms in total. The molecule has 1 N–H and O–H groups in total. The van der Waals surface area contributed by atoms with Crippen molar-refractivity contribution in [1.82, 2.24) is 0 Å². The van der Waals surface area contributed by atoms with Gasteiger partial charge in [-0.3, -0.25) is 4.79 Å². The Morgan fingerprint density at radius 2 is 1.76 bits per heavy atom. The lowest BCUT2D eigenvalue weighted by Gasteiger charge is -2.40. The monoisotopic (exact) mass is 507 g/mol. The molecule has 1 atom stereocenters. The highest BCUT2D eigenvalue weighted by molar-refractivity contribution is 6.30. The molecule has 0 saturated heterocycles. The Labute approximate surface area is 223 Å². The summed E-state index contributed by atoms with van der Waals surface area (Å²) in [6.45, 7) is 6.89. The van der Waals surface area contributed by atoms with Crippen LogP contribution in [0.3, 0.4) is 0 Å². The lowest BCUT2D eigenvalue weighted by Crippen LogP contribution is -2.33. The SMILES string of the molecule is Cc1ccc(COc2ccc(Cl)cc2[C@@H]2Nc3ccc4ccccc4c3C3=C2C(=O)CC(C)(C)C3)cc1. The van der Waals surface area contributed by atoms with E-state index in [1.807, 2.05) is 18.2 Å². The van der Waals surface area contributed by atoms with Crippen molar-refractivity contribution < 1.29 is 9.53 Å². The average molecular weight is 508 g/mol. The van der Waals surface area contributed by atoms with Crippen LogP contribution in [-0.2, 0) is 11.4 Å². The Kier molecular flexibility index (Phi) is 5.84. The van der Waals surface area contributed by atoms with Gasteiger partial charge in [-0.2, -0.15) is 0 Å². The molecule has 37 heavy (non-hydrogen) atoms. The van der Waals surface area contributed by atoms with Crippen molar-refractivity contribution in [2.24, 2.45) is 5.41 Å². The normalized spacial score (nSPS) is 18.3. The summed E-state index contributed by atoms with van der Waals surface area (Å²) in [4.78, 5) is 13.8. The number of allylic oxidation sites excluding steroid dienone is 1. The van der Waals surface area contributed by atoms with Crippen molar-refractivity contribution in [2.75, 3.05) is 5.32 Å². The first-order valence-electron chi connectivity index (χ1n) is 12.8. The number of carbonyl (C=O) groups is 1. The van der Waals surface area contributed by atoms with E-state index in [-0.39, 0.29) is 17.2 Å². The maximum Gasteiger partial charge on any atom is 0.162 e. The second-order valence-corrected chi connectivity index (χ2v) is 11.5. The van der Waals surface area contributed by atoms with Crippen LogP contribution in [0.2, 0.25) is 5.02 Å². The maximum atomic E-state index is 13.8. The van der Waals surface area contributed by atoms with Crippen LogP contribution in [0.5, 0.6) is 5.75 Å². The molecule has 0 saturated carbocycles. The van der Waals surface area contributed by atoms with Gasteiger partial charge in [0.2, 0.25) is 0 Å². The van der Waals surface area contributed by atoms with Crippen molar-refractivity contribution >= 4 is 39.4 Å². The first kappa shape index (κ1) is 23.8. The number of nitrogens with one attached hydrogen (secondary N) is 1. The highest BCUT2D eigenvalue weighted by atomic mass is 35.5. The van der Waals surface area contributed by atoms with Crippen LogP contribution in [0, 0.1) is 12.3 Å². The third kappa shape index (κ3) is 4.42. The van der Waals surface area contributed by atoms with E-state index in [0.29, 0.717) is 18.1 Å². The van der Waals surface area contributed by atoms with Crippen LogP contribution in [0.1, 0.15) is 55.0 Å². The summed E-state index contributed by atoms with van der Waals surface area (Å²) in [5, 5.41) is 6.69. The lowest BCUT2D eigenvalue weighted by atomic mass is 9.68. The van der Waals surface area contributed by atoms with Gasteiger partial charge in [0.1, 0.15) is 12.4 Å². The van der Waals surface area contributed by atoms with Gasteiger partial charge in [-0.05, 0) is 64.9 Å². The topological polar surface area (TPSA) is 38.3 Å². The van der Waals surface area contributed by atoms with Crippen molar-refractivity contribution in [3.05, 3.63) is 112 Å². The van der Waals surface area contributed by atoms with E-state index in [4.69, 9.17) is 16.3 Å². The second kappa shape index (κ2) is 9.08. The van der Waals surface area contributed by atoms with E-state index < -0.39 is 0 Å². The summed E-state index contributed by atoms with van der Waals surface area (Å²) in [5.41, 5.74) is 7.26. The number of halogens is 1. The molecule has 1 aliphatic heterocycles. The summed E-state index contributed by atoms with van der Waals surface area (Å²) in [6, 6.07) is 26.4. The van der Waals surface area contributed by atoms with E-state index >= 15 is 0 Å². The summed E-state index contributed by atoms with van der Waals surface area (Å²) in [6.07, 6.45) is 1.36. The van der Waals surface area contributed by atoms with Crippen molar-refractivity contribution in [3.8, 4) is 5.75 Å². The molecule has 2 aliphatic rings. The number of fused-ring (bicyclic) bond motifs is 4. The Hall–Kier alpha value is -3.56. The molecular formula is C33H30ClNO2. The number of rotatable bonds is 4. The van der Waals surface area contributed by atoms with Gasteiger partial charge in [0.25, 0.3) is 0 Å². The molecule has 4 aromatic rings. The number of hydrogen-bond donors (Lipinski definition) is 1. The predicted molar refractivity (Wildman–Crippen MR) is 152 cm³/mol. The van der Waals surface area contributed by atoms with Gasteiger partial charge in [-0.15, -0.1) is 0 Å². The first-order chi connectivity index (χ1) is 17.8. The van der Waals surface area contributed by atoms with Gasteiger partial charge in [0, 0.05) is 33.8 Å². The Morgan fingerprint density at radius 3 is 2.57 bits per heavy atom. The van der Waals surface area contributed by atoms with Crippen LogP contribution in [0.15, 0.2) is 84.4 Å². The van der Waals surface area contributed by atoms with E-state index in [1.165, 1.54) is 16.3 Å². The Bertz CT molecular complexity index is 1570. The third-order valence-corrected chi connectivity index (χ3v) is 7.77. The highest BCUT2D eigenvalue weighted by Gasteiger charge is 2.41. The average Bonchev–Trinajstić information content (AvgIpc) is 2.87. The molecule has 6 rings (SSSR count). The van der Waals surface area contributed by atoms with E-state index in [9.17, 15) is 4.79 Å². The molecular weight excluding hydrogens is 478 g/mol. The molecule has 186 valence electrons. The summed E-state index contributed by atoms with van der Waals surface area (Å²) in [7, 11) is 0. The van der Waals surface area contributed by atoms with Gasteiger partial charge in [0.05, 0.1) is 6.04 Å². The number of carbonyl (C=O) groups excluding carboxylic acids is 1. The molecule has 4 heteroatoms. The molecule has 0 bridgehead atoms. The number of aryl methyl sites for hydroxylation is 1. The first-order valence-corrected chi connectivity index (χ1v) is 13.2. The van der Waals surface area contributed by atoms with E-state index in [0.717, 1.165) is 45.7 Å². The molecule has 0 aromatic heterocycles. The number of hydrogen-bond acceptors (Lipinski definition) is 3. The molecule has 0 spiro atoms. The molecule has 0 amide bonds. The zero-order chi connectivity index (χ0) is 25.7. The fourth-order valence-electron chi connectivity index (χ4n) is 5.79. The van der Waals surface area contributed by atoms with Gasteiger partial charge in [-0.1, -0.05) is 85.6 Å². The van der Waals surface area contributed by atoms with E-state index in [1.54, 1.807) is 0 Å². The minimum Gasteiger partial charge on any atom is -0.489 e.